The topological polar surface area (TPSA) is 101 Å². The predicted molar refractivity (Wildman–Crippen MR) is 46.3 cm³/mol. The van der Waals surface area contributed by atoms with E-state index in [1.807, 2.05) is 0 Å². The summed E-state index contributed by atoms with van der Waals surface area (Å²) >= 11 is 0. The van der Waals surface area contributed by atoms with Gasteiger partial charge in [0, 0.05) is 6.42 Å². The average molecular weight is 189 g/mol. The maximum atomic E-state index is 10.8. The van der Waals surface area contributed by atoms with Gasteiger partial charge in [-0.25, -0.2) is 0 Å². The molecule has 0 amide bonds. The third-order valence-corrected chi connectivity index (χ3v) is 2.18. The van der Waals surface area contributed by atoms with Crippen molar-refractivity contribution in [3.63, 3.8) is 0 Å². The molecule has 76 valence electrons. The number of hydrogen-bond donors (Lipinski definition) is 3. The van der Waals surface area contributed by atoms with Crippen LogP contribution in [0.2, 0.25) is 0 Å². The van der Waals surface area contributed by atoms with Gasteiger partial charge < -0.3 is 15.9 Å². The fourth-order valence-electron chi connectivity index (χ4n) is 0.956. The normalized spacial score (nSPS) is 15.4. The van der Waals surface area contributed by atoms with Crippen LogP contribution in [0.3, 0.4) is 0 Å². The number of aliphatic carboxylic acids is 2. The minimum atomic E-state index is -1.43. The van der Waals surface area contributed by atoms with Crippen LogP contribution in [-0.2, 0) is 9.59 Å². The van der Waals surface area contributed by atoms with Gasteiger partial charge in [-0.2, -0.15) is 0 Å². The Morgan fingerprint density at radius 1 is 1.38 bits per heavy atom. The molecule has 0 aromatic carbocycles. The van der Waals surface area contributed by atoms with E-state index in [1.54, 1.807) is 13.8 Å². The first-order valence-electron chi connectivity index (χ1n) is 4.04. The SMILES string of the molecule is CC(C)[C@](N)(CCC(=O)O)C(=O)O. The molecule has 5 nitrogen and oxygen atoms in total. The first-order valence-corrected chi connectivity index (χ1v) is 4.04. The van der Waals surface area contributed by atoms with E-state index >= 15 is 0 Å². The van der Waals surface area contributed by atoms with Gasteiger partial charge in [0.1, 0.15) is 5.54 Å². The average Bonchev–Trinajstić information content (AvgIpc) is 1.99. The highest BCUT2D eigenvalue weighted by Crippen LogP contribution is 2.20. The lowest BCUT2D eigenvalue weighted by Crippen LogP contribution is -2.52. The van der Waals surface area contributed by atoms with E-state index in [0.29, 0.717) is 0 Å². The van der Waals surface area contributed by atoms with E-state index in [-0.39, 0.29) is 18.8 Å². The molecule has 0 spiro atoms. The Morgan fingerprint density at radius 2 is 1.85 bits per heavy atom. The summed E-state index contributed by atoms with van der Waals surface area (Å²) in [4.78, 5) is 21.0. The van der Waals surface area contributed by atoms with Crippen LogP contribution in [0.4, 0.5) is 0 Å². The standard InChI is InChI=1S/C8H15NO4/c1-5(2)8(9,7(12)13)4-3-6(10)11/h5H,3-4,9H2,1-2H3,(H,10,11)(H,12,13)/t8-/m1/s1. The summed E-state index contributed by atoms with van der Waals surface area (Å²) in [6.07, 6.45) is -0.268. The second-order valence-corrected chi connectivity index (χ2v) is 3.39. The third-order valence-electron chi connectivity index (χ3n) is 2.18. The van der Waals surface area contributed by atoms with Crippen LogP contribution in [0.5, 0.6) is 0 Å². The Hall–Kier alpha value is -1.10. The molecule has 0 fully saturated rings. The van der Waals surface area contributed by atoms with Crippen LogP contribution >= 0.6 is 0 Å². The molecule has 0 aliphatic heterocycles. The Balaban J connectivity index is 4.43. The van der Waals surface area contributed by atoms with Gasteiger partial charge in [-0.3, -0.25) is 9.59 Å². The van der Waals surface area contributed by atoms with Crippen molar-refractivity contribution in [3.05, 3.63) is 0 Å². The lowest BCUT2D eigenvalue weighted by Gasteiger charge is -2.28. The molecular formula is C8H15NO4. The predicted octanol–water partition coefficient (Wildman–Crippen LogP) is 0.289. The highest BCUT2D eigenvalue weighted by molar-refractivity contribution is 5.79. The van der Waals surface area contributed by atoms with Gasteiger partial charge in [0.05, 0.1) is 0 Å². The van der Waals surface area contributed by atoms with Gasteiger partial charge in [-0.1, -0.05) is 13.8 Å². The van der Waals surface area contributed by atoms with Crippen molar-refractivity contribution in [1.82, 2.24) is 0 Å². The molecule has 0 heterocycles. The smallest absolute Gasteiger partial charge is 0.323 e. The number of rotatable bonds is 5. The van der Waals surface area contributed by atoms with Crippen LogP contribution in [0.1, 0.15) is 26.7 Å². The second kappa shape index (κ2) is 4.23. The van der Waals surface area contributed by atoms with E-state index < -0.39 is 17.5 Å². The summed E-state index contributed by atoms with van der Waals surface area (Å²) in [7, 11) is 0. The van der Waals surface area contributed by atoms with Gasteiger partial charge in [-0.05, 0) is 12.3 Å². The number of nitrogens with two attached hydrogens (primary N) is 1. The van der Waals surface area contributed by atoms with E-state index in [4.69, 9.17) is 15.9 Å². The number of hydrogen-bond acceptors (Lipinski definition) is 3. The van der Waals surface area contributed by atoms with Crippen molar-refractivity contribution in [2.24, 2.45) is 11.7 Å². The number of carboxylic acids is 2. The second-order valence-electron chi connectivity index (χ2n) is 3.39. The zero-order valence-electron chi connectivity index (χ0n) is 7.78. The molecular weight excluding hydrogens is 174 g/mol. The van der Waals surface area contributed by atoms with Crippen LogP contribution in [-0.4, -0.2) is 27.7 Å². The summed E-state index contributed by atoms with van der Waals surface area (Å²) in [6.45, 7) is 3.33. The van der Waals surface area contributed by atoms with Crippen molar-refractivity contribution < 1.29 is 19.8 Å². The van der Waals surface area contributed by atoms with Gasteiger partial charge in [0.15, 0.2) is 0 Å². The fraction of sp³-hybridized carbons (Fsp3) is 0.750. The molecule has 0 aliphatic rings. The van der Waals surface area contributed by atoms with E-state index in [9.17, 15) is 9.59 Å². The van der Waals surface area contributed by atoms with Gasteiger partial charge in [0.2, 0.25) is 0 Å². The summed E-state index contributed by atoms with van der Waals surface area (Å²) in [6, 6.07) is 0. The zero-order chi connectivity index (χ0) is 10.6. The Labute approximate surface area is 76.5 Å². The van der Waals surface area contributed by atoms with Crippen molar-refractivity contribution in [1.29, 1.82) is 0 Å². The van der Waals surface area contributed by atoms with E-state index in [0.717, 1.165) is 0 Å². The number of carbonyl (C=O) groups is 2. The molecule has 0 aromatic heterocycles. The highest BCUT2D eigenvalue weighted by Gasteiger charge is 2.37. The summed E-state index contributed by atoms with van der Waals surface area (Å²) in [5.41, 5.74) is 4.14. The monoisotopic (exact) mass is 189 g/mol. The van der Waals surface area contributed by atoms with E-state index in [1.165, 1.54) is 0 Å². The van der Waals surface area contributed by atoms with Crippen LogP contribution in [0.25, 0.3) is 0 Å². The molecule has 0 aliphatic carbocycles. The molecule has 1 atom stereocenters. The highest BCUT2D eigenvalue weighted by atomic mass is 16.4. The molecule has 0 saturated carbocycles. The van der Waals surface area contributed by atoms with Crippen LogP contribution in [0, 0.1) is 5.92 Å². The minimum absolute atomic E-state index is 0.0463. The van der Waals surface area contributed by atoms with Gasteiger partial charge >= 0.3 is 11.9 Å². The maximum Gasteiger partial charge on any atom is 0.323 e. The molecule has 0 bridgehead atoms. The Morgan fingerprint density at radius 3 is 2.08 bits per heavy atom. The summed E-state index contributed by atoms with van der Waals surface area (Å²) in [5.74, 6) is -2.47. The minimum Gasteiger partial charge on any atom is -0.481 e. The molecule has 0 radical (unpaired) electrons. The van der Waals surface area contributed by atoms with Crippen LogP contribution in [0.15, 0.2) is 0 Å². The van der Waals surface area contributed by atoms with Gasteiger partial charge in [-0.15, -0.1) is 0 Å². The molecule has 0 unspecified atom stereocenters. The number of carboxylic acid groups (broad SMARTS) is 2. The van der Waals surface area contributed by atoms with Crippen molar-refractivity contribution >= 4 is 11.9 Å². The summed E-state index contributed by atoms with van der Waals surface area (Å²) < 4.78 is 0. The Kier molecular flexibility index (Phi) is 3.87. The molecule has 5 heteroatoms. The maximum absolute atomic E-state index is 10.8. The third kappa shape index (κ3) is 3.02. The molecule has 4 N–H and O–H groups in total. The molecule has 0 aromatic rings. The van der Waals surface area contributed by atoms with E-state index in [2.05, 4.69) is 0 Å². The van der Waals surface area contributed by atoms with Gasteiger partial charge in [0.25, 0.3) is 0 Å². The fourth-order valence-corrected chi connectivity index (χ4v) is 0.956. The molecule has 0 saturated heterocycles. The lowest BCUT2D eigenvalue weighted by molar-refractivity contribution is -0.146. The Bertz CT molecular complexity index is 214. The van der Waals surface area contributed by atoms with Crippen molar-refractivity contribution in [2.45, 2.75) is 32.2 Å². The lowest BCUT2D eigenvalue weighted by atomic mass is 9.83. The first-order chi connectivity index (χ1) is 5.80. The molecule has 13 heavy (non-hydrogen) atoms. The quantitative estimate of drug-likeness (QED) is 0.577. The zero-order valence-corrected chi connectivity index (χ0v) is 7.78. The largest absolute Gasteiger partial charge is 0.481 e. The van der Waals surface area contributed by atoms with Crippen molar-refractivity contribution in [3.8, 4) is 0 Å². The molecule has 0 rings (SSSR count). The summed E-state index contributed by atoms with van der Waals surface area (Å²) in [5, 5.41) is 17.2. The van der Waals surface area contributed by atoms with Crippen LogP contribution < -0.4 is 5.73 Å². The van der Waals surface area contributed by atoms with Crippen molar-refractivity contribution in [2.75, 3.05) is 0 Å². The first kappa shape index (κ1) is 11.9.